The molecule has 6 heteroatoms. The SMILES string of the molecule is COC(=O)C1CCN1c1ccc([N+](=O)[O-])c(C)c1. The summed E-state index contributed by atoms with van der Waals surface area (Å²) in [7, 11) is 1.36. The van der Waals surface area contributed by atoms with Crippen molar-refractivity contribution in [2.24, 2.45) is 0 Å². The van der Waals surface area contributed by atoms with Gasteiger partial charge in [0.05, 0.1) is 12.0 Å². The molecule has 1 fully saturated rings. The fraction of sp³-hybridized carbons (Fsp3) is 0.417. The molecule has 0 bridgehead atoms. The largest absolute Gasteiger partial charge is 0.467 e. The van der Waals surface area contributed by atoms with E-state index < -0.39 is 4.92 Å². The van der Waals surface area contributed by atoms with Crippen molar-refractivity contribution in [2.45, 2.75) is 19.4 Å². The standard InChI is InChI=1S/C12H14N2O4/c1-8-7-9(3-4-10(8)14(16)17)13-6-5-11(13)12(15)18-2/h3-4,7,11H,5-6H2,1-2H3. The van der Waals surface area contributed by atoms with Crippen molar-refractivity contribution in [1.82, 2.24) is 0 Å². The van der Waals surface area contributed by atoms with Crippen molar-refractivity contribution in [1.29, 1.82) is 0 Å². The van der Waals surface area contributed by atoms with Crippen molar-refractivity contribution in [3.63, 3.8) is 0 Å². The summed E-state index contributed by atoms with van der Waals surface area (Å²) in [5.41, 5.74) is 1.50. The van der Waals surface area contributed by atoms with Gasteiger partial charge in [-0.1, -0.05) is 0 Å². The van der Waals surface area contributed by atoms with Crippen molar-refractivity contribution >= 4 is 17.3 Å². The number of rotatable bonds is 3. The maximum Gasteiger partial charge on any atom is 0.328 e. The summed E-state index contributed by atoms with van der Waals surface area (Å²) >= 11 is 0. The third-order valence-electron chi connectivity index (χ3n) is 3.20. The van der Waals surface area contributed by atoms with Crippen LogP contribution in [0.2, 0.25) is 0 Å². The van der Waals surface area contributed by atoms with Crippen LogP contribution in [0.25, 0.3) is 0 Å². The lowest BCUT2D eigenvalue weighted by atomic mass is 10.0. The van der Waals surface area contributed by atoms with Gasteiger partial charge >= 0.3 is 5.97 Å². The Bertz CT molecular complexity index is 501. The second-order valence-corrected chi connectivity index (χ2v) is 4.25. The molecular formula is C12H14N2O4. The van der Waals surface area contributed by atoms with Gasteiger partial charge in [0, 0.05) is 23.9 Å². The first kappa shape index (κ1) is 12.3. The minimum Gasteiger partial charge on any atom is -0.467 e. The second kappa shape index (κ2) is 4.64. The zero-order valence-electron chi connectivity index (χ0n) is 10.3. The average molecular weight is 250 g/mol. The van der Waals surface area contributed by atoms with Gasteiger partial charge < -0.3 is 9.64 Å². The van der Waals surface area contributed by atoms with Crippen molar-refractivity contribution in [3.8, 4) is 0 Å². The van der Waals surface area contributed by atoms with E-state index in [4.69, 9.17) is 4.74 Å². The van der Waals surface area contributed by atoms with E-state index >= 15 is 0 Å². The van der Waals surface area contributed by atoms with Crippen LogP contribution in [0.1, 0.15) is 12.0 Å². The van der Waals surface area contributed by atoms with Gasteiger partial charge in [-0.15, -0.1) is 0 Å². The van der Waals surface area contributed by atoms with E-state index in [2.05, 4.69) is 0 Å². The van der Waals surface area contributed by atoms with Gasteiger partial charge in [0.1, 0.15) is 6.04 Å². The summed E-state index contributed by atoms with van der Waals surface area (Å²) < 4.78 is 4.71. The van der Waals surface area contributed by atoms with E-state index in [1.54, 1.807) is 19.1 Å². The highest BCUT2D eigenvalue weighted by Crippen LogP contribution is 2.30. The number of esters is 1. The van der Waals surface area contributed by atoms with Crippen LogP contribution in [0.15, 0.2) is 18.2 Å². The number of carbonyl (C=O) groups excluding carboxylic acids is 1. The van der Waals surface area contributed by atoms with Crippen LogP contribution < -0.4 is 4.90 Å². The molecule has 0 saturated carbocycles. The van der Waals surface area contributed by atoms with E-state index in [-0.39, 0.29) is 17.7 Å². The molecule has 0 N–H and O–H groups in total. The van der Waals surface area contributed by atoms with Gasteiger partial charge in [0.15, 0.2) is 0 Å². The zero-order chi connectivity index (χ0) is 13.3. The molecule has 6 nitrogen and oxygen atoms in total. The second-order valence-electron chi connectivity index (χ2n) is 4.25. The fourth-order valence-corrected chi connectivity index (χ4v) is 2.10. The lowest BCUT2D eigenvalue weighted by Crippen LogP contribution is -2.53. The van der Waals surface area contributed by atoms with Crippen molar-refractivity contribution < 1.29 is 14.5 Å². The molecule has 1 heterocycles. The number of methoxy groups -OCH3 is 1. The summed E-state index contributed by atoms with van der Waals surface area (Å²) in [6.45, 7) is 2.45. The Labute approximate surface area is 104 Å². The molecule has 0 radical (unpaired) electrons. The molecule has 0 spiro atoms. The maximum absolute atomic E-state index is 11.5. The van der Waals surface area contributed by atoms with E-state index in [0.717, 1.165) is 18.7 Å². The first-order valence-corrected chi connectivity index (χ1v) is 5.64. The topological polar surface area (TPSA) is 72.7 Å². The number of nitro groups is 1. The summed E-state index contributed by atoms with van der Waals surface area (Å²) in [5.74, 6) is -0.266. The first-order valence-electron chi connectivity index (χ1n) is 5.64. The molecule has 0 aliphatic carbocycles. The molecule has 1 aliphatic heterocycles. The maximum atomic E-state index is 11.5. The Morgan fingerprint density at radius 1 is 1.56 bits per heavy atom. The van der Waals surface area contributed by atoms with Gasteiger partial charge in [0.25, 0.3) is 5.69 Å². The third-order valence-corrected chi connectivity index (χ3v) is 3.20. The van der Waals surface area contributed by atoms with E-state index in [1.807, 2.05) is 4.90 Å². The predicted molar refractivity (Wildman–Crippen MR) is 65.6 cm³/mol. The zero-order valence-corrected chi connectivity index (χ0v) is 10.3. The molecule has 0 amide bonds. The highest BCUT2D eigenvalue weighted by molar-refractivity contribution is 5.82. The molecule has 0 aromatic heterocycles. The Hall–Kier alpha value is -2.11. The Kier molecular flexibility index (Phi) is 3.18. The molecule has 1 unspecified atom stereocenters. The number of ether oxygens (including phenoxy) is 1. The average Bonchev–Trinajstić information content (AvgIpc) is 2.27. The van der Waals surface area contributed by atoms with Gasteiger partial charge in [-0.2, -0.15) is 0 Å². The van der Waals surface area contributed by atoms with Crippen LogP contribution >= 0.6 is 0 Å². The van der Waals surface area contributed by atoms with Crippen LogP contribution in [0, 0.1) is 17.0 Å². The van der Waals surface area contributed by atoms with Gasteiger partial charge in [-0.25, -0.2) is 4.79 Å². The smallest absolute Gasteiger partial charge is 0.328 e. The van der Waals surface area contributed by atoms with Gasteiger partial charge in [-0.3, -0.25) is 10.1 Å². The highest BCUT2D eigenvalue weighted by Gasteiger charge is 2.35. The lowest BCUT2D eigenvalue weighted by Gasteiger charge is -2.40. The molecule has 2 rings (SSSR count). The summed E-state index contributed by atoms with van der Waals surface area (Å²) in [5, 5.41) is 10.7. The molecule has 96 valence electrons. The van der Waals surface area contributed by atoms with Crippen molar-refractivity contribution in [2.75, 3.05) is 18.6 Å². The molecule has 1 aromatic carbocycles. The van der Waals surface area contributed by atoms with E-state index in [1.165, 1.54) is 13.2 Å². The summed E-state index contributed by atoms with van der Waals surface area (Å²) in [6.07, 6.45) is 0.753. The molecule has 1 saturated heterocycles. The van der Waals surface area contributed by atoms with Crippen LogP contribution in [-0.4, -0.2) is 30.6 Å². The number of nitro benzene ring substituents is 1. The Morgan fingerprint density at radius 3 is 2.72 bits per heavy atom. The van der Waals surface area contributed by atoms with E-state index in [0.29, 0.717) is 5.56 Å². The van der Waals surface area contributed by atoms with Crippen LogP contribution in [0.3, 0.4) is 0 Å². The molecule has 18 heavy (non-hydrogen) atoms. The number of benzene rings is 1. The Balaban J connectivity index is 2.22. The number of nitrogens with zero attached hydrogens (tertiary/aromatic N) is 2. The fourth-order valence-electron chi connectivity index (χ4n) is 2.10. The number of carbonyl (C=O) groups is 1. The quantitative estimate of drug-likeness (QED) is 0.463. The van der Waals surface area contributed by atoms with Crippen LogP contribution in [-0.2, 0) is 9.53 Å². The van der Waals surface area contributed by atoms with Crippen LogP contribution in [0.4, 0.5) is 11.4 Å². The monoisotopic (exact) mass is 250 g/mol. The normalized spacial score (nSPS) is 18.1. The van der Waals surface area contributed by atoms with Gasteiger partial charge in [-0.05, 0) is 25.5 Å². The number of hydrogen-bond donors (Lipinski definition) is 0. The summed E-state index contributed by atoms with van der Waals surface area (Å²) in [4.78, 5) is 23.7. The third kappa shape index (κ3) is 2.01. The van der Waals surface area contributed by atoms with E-state index in [9.17, 15) is 14.9 Å². The number of aryl methyl sites for hydroxylation is 1. The van der Waals surface area contributed by atoms with Crippen molar-refractivity contribution in [3.05, 3.63) is 33.9 Å². The number of hydrogen-bond acceptors (Lipinski definition) is 5. The molecular weight excluding hydrogens is 236 g/mol. The lowest BCUT2D eigenvalue weighted by molar-refractivity contribution is -0.385. The predicted octanol–water partition coefficient (Wildman–Crippen LogP) is 1.65. The minimum atomic E-state index is -0.410. The minimum absolute atomic E-state index is 0.0916. The molecule has 1 atom stereocenters. The molecule has 1 aliphatic rings. The first-order chi connectivity index (χ1) is 8.54. The summed E-state index contributed by atoms with van der Waals surface area (Å²) in [6, 6.07) is 4.60. The van der Waals surface area contributed by atoms with Gasteiger partial charge in [0.2, 0.25) is 0 Å². The molecule has 1 aromatic rings. The Morgan fingerprint density at radius 2 is 2.28 bits per heavy atom. The number of anilines is 1. The highest BCUT2D eigenvalue weighted by atomic mass is 16.6. The van der Waals surface area contributed by atoms with Crippen LogP contribution in [0.5, 0.6) is 0 Å².